The van der Waals surface area contributed by atoms with Gasteiger partial charge >= 0.3 is 0 Å². The Balaban J connectivity index is 2.40. The number of benzene rings is 1. The van der Waals surface area contributed by atoms with Crippen molar-refractivity contribution >= 4 is 12.0 Å². The fourth-order valence-corrected chi connectivity index (χ4v) is 1.68. The number of nitrogens with zero attached hydrogens (tertiary/aromatic N) is 1. The molecule has 1 heterocycles. The number of hydrogen-bond donors (Lipinski definition) is 1. The van der Waals surface area contributed by atoms with E-state index >= 15 is 0 Å². The second-order valence-corrected chi connectivity index (χ2v) is 4.36. The van der Waals surface area contributed by atoms with E-state index in [1.807, 2.05) is 13.8 Å². The number of para-hydroxylation sites is 1. The number of halogens is 2. The molecule has 80 valence electrons. The molecule has 1 aromatic rings. The molecular formula is C11H13F2N2+. The molecule has 0 atom stereocenters. The molecule has 1 aliphatic heterocycles. The van der Waals surface area contributed by atoms with Gasteiger partial charge in [0.1, 0.15) is 12.1 Å². The van der Waals surface area contributed by atoms with Gasteiger partial charge in [-0.2, -0.15) is 0 Å². The largest absolute Gasteiger partial charge is 0.272 e. The normalized spacial score (nSPS) is 18.5. The van der Waals surface area contributed by atoms with Crippen LogP contribution in [0.15, 0.2) is 18.2 Å². The van der Waals surface area contributed by atoms with Gasteiger partial charge in [0.25, 0.3) is 0 Å². The minimum Gasteiger partial charge on any atom is -0.272 e. The summed E-state index contributed by atoms with van der Waals surface area (Å²) in [5.74, 6) is -1.07. The number of nitrogens with one attached hydrogen (secondary N) is 1. The van der Waals surface area contributed by atoms with Gasteiger partial charge in [-0.05, 0) is 26.0 Å². The van der Waals surface area contributed by atoms with Gasteiger partial charge in [0.05, 0.1) is 0 Å². The Labute approximate surface area is 87.2 Å². The molecule has 2 nitrogen and oxygen atoms in total. The highest BCUT2D eigenvalue weighted by molar-refractivity contribution is 5.55. The molecule has 15 heavy (non-hydrogen) atoms. The molecule has 0 aliphatic carbocycles. The van der Waals surface area contributed by atoms with Crippen molar-refractivity contribution in [2.75, 3.05) is 6.54 Å². The topological polar surface area (TPSA) is 15.0 Å². The summed E-state index contributed by atoms with van der Waals surface area (Å²) in [4.78, 5) is 0. The highest BCUT2D eigenvalue weighted by Gasteiger charge is 2.33. The maximum atomic E-state index is 13.4. The third kappa shape index (κ3) is 1.84. The first-order valence-electron chi connectivity index (χ1n) is 4.81. The first-order chi connectivity index (χ1) is 6.99. The van der Waals surface area contributed by atoms with E-state index in [0.717, 1.165) is 0 Å². The zero-order chi connectivity index (χ0) is 11.1. The first kappa shape index (κ1) is 10.1. The second kappa shape index (κ2) is 3.29. The quantitative estimate of drug-likeness (QED) is 0.702. The predicted octanol–water partition coefficient (Wildman–Crippen LogP) is 2.02. The molecule has 0 unspecified atom stereocenters. The van der Waals surface area contributed by atoms with Crippen LogP contribution in [-0.2, 0) is 0 Å². The molecule has 0 amide bonds. The van der Waals surface area contributed by atoms with Gasteiger partial charge in [-0.3, -0.25) is 5.32 Å². The van der Waals surface area contributed by atoms with Gasteiger partial charge in [-0.25, -0.2) is 13.4 Å². The van der Waals surface area contributed by atoms with Crippen molar-refractivity contribution in [1.82, 2.24) is 5.32 Å². The van der Waals surface area contributed by atoms with E-state index in [0.29, 0.717) is 6.54 Å². The van der Waals surface area contributed by atoms with E-state index in [-0.39, 0.29) is 11.2 Å². The van der Waals surface area contributed by atoms with Crippen LogP contribution in [0, 0.1) is 11.6 Å². The zero-order valence-corrected chi connectivity index (χ0v) is 8.72. The highest BCUT2D eigenvalue weighted by atomic mass is 19.1. The summed E-state index contributed by atoms with van der Waals surface area (Å²) in [5, 5.41) is 3.07. The van der Waals surface area contributed by atoms with Crippen molar-refractivity contribution in [3.8, 4) is 0 Å². The Hall–Kier alpha value is -1.45. The predicted molar refractivity (Wildman–Crippen MR) is 54.4 cm³/mol. The standard InChI is InChI=1S/C11H12F2N2/c1-11(2)6-15(7-14-11)10-8(12)4-3-5-9(10)13/h3-5,7H,6H2,1-2H3/p+1. The van der Waals surface area contributed by atoms with E-state index in [1.165, 1.54) is 18.2 Å². The zero-order valence-electron chi connectivity index (χ0n) is 8.72. The van der Waals surface area contributed by atoms with Gasteiger partial charge in [0.2, 0.25) is 6.34 Å². The molecular weight excluding hydrogens is 198 g/mol. The SMILES string of the molecule is CC1(C)C[N+](c2c(F)cccc2F)=CN1. The summed E-state index contributed by atoms with van der Waals surface area (Å²) in [7, 11) is 0. The Morgan fingerprint density at radius 2 is 1.87 bits per heavy atom. The molecule has 2 rings (SSSR count). The second-order valence-electron chi connectivity index (χ2n) is 4.36. The average Bonchev–Trinajstić information content (AvgIpc) is 2.46. The van der Waals surface area contributed by atoms with Crippen LogP contribution in [0.1, 0.15) is 13.8 Å². The third-order valence-corrected chi connectivity index (χ3v) is 2.40. The summed E-state index contributed by atoms with van der Waals surface area (Å²) in [6, 6.07) is 3.89. The van der Waals surface area contributed by atoms with Crippen LogP contribution in [0.5, 0.6) is 0 Å². The Morgan fingerprint density at radius 3 is 2.33 bits per heavy atom. The van der Waals surface area contributed by atoms with Crippen LogP contribution in [0.25, 0.3) is 0 Å². The van der Waals surface area contributed by atoms with Crippen LogP contribution in [0.3, 0.4) is 0 Å². The number of rotatable bonds is 1. The summed E-state index contributed by atoms with van der Waals surface area (Å²) in [6.07, 6.45) is 1.61. The lowest BCUT2D eigenvalue weighted by Gasteiger charge is -2.11. The first-order valence-corrected chi connectivity index (χ1v) is 4.81. The van der Waals surface area contributed by atoms with Gasteiger partial charge < -0.3 is 0 Å². The minimum atomic E-state index is -0.536. The Morgan fingerprint density at radius 1 is 1.27 bits per heavy atom. The Kier molecular flexibility index (Phi) is 2.21. The van der Waals surface area contributed by atoms with Crippen molar-refractivity contribution in [1.29, 1.82) is 0 Å². The van der Waals surface area contributed by atoms with Crippen molar-refractivity contribution in [3.63, 3.8) is 0 Å². The van der Waals surface area contributed by atoms with Crippen molar-refractivity contribution in [2.45, 2.75) is 19.4 Å². The van der Waals surface area contributed by atoms with Gasteiger partial charge in [0.15, 0.2) is 17.3 Å². The minimum absolute atomic E-state index is 0.00979. The highest BCUT2D eigenvalue weighted by Crippen LogP contribution is 2.24. The van der Waals surface area contributed by atoms with Gasteiger partial charge in [-0.1, -0.05) is 6.07 Å². The molecule has 4 heteroatoms. The fourth-order valence-electron chi connectivity index (χ4n) is 1.68. The molecule has 0 saturated heterocycles. The molecule has 0 saturated carbocycles. The number of hydrogen-bond acceptors (Lipinski definition) is 1. The van der Waals surface area contributed by atoms with E-state index in [4.69, 9.17) is 0 Å². The smallest absolute Gasteiger partial charge is 0.238 e. The lowest BCUT2D eigenvalue weighted by atomic mass is 10.1. The summed E-state index contributed by atoms with van der Waals surface area (Å²) < 4.78 is 28.4. The molecule has 1 N–H and O–H groups in total. The van der Waals surface area contributed by atoms with E-state index in [2.05, 4.69) is 5.32 Å². The molecule has 0 bridgehead atoms. The molecule has 1 aromatic carbocycles. The molecule has 0 aromatic heterocycles. The third-order valence-electron chi connectivity index (χ3n) is 2.40. The van der Waals surface area contributed by atoms with E-state index < -0.39 is 11.6 Å². The molecule has 0 radical (unpaired) electrons. The van der Waals surface area contributed by atoms with Crippen molar-refractivity contribution in [3.05, 3.63) is 29.8 Å². The maximum Gasteiger partial charge on any atom is 0.238 e. The molecule has 0 spiro atoms. The summed E-state index contributed by atoms with van der Waals surface area (Å²) in [6.45, 7) is 4.50. The van der Waals surface area contributed by atoms with Crippen LogP contribution < -0.4 is 5.32 Å². The molecule has 0 fully saturated rings. The monoisotopic (exact) mass is 211 g/mol. The van der Waals surface area contributed by atoms with Crippen molar-refractivity contribution in [2.24, 2.45) is 0 Å². The van der Waals surface area contributed by atoms with Gasteiger partial charge in [-0.15, -0.1) is 0 Å². The van der Waals surface area contributed by atoms with Crippen LogP contribution >= 0.6 is 0 Å². The van der Waals surface area contributed by atoms with Crippen LogP contribution in [0.4, 0.5) is 14.5 Å². The Bertz CT molecular complexity index is 404. The maximum absolute atomic E-state index is 13.4. The van der Waals surface area contributed by atoms with Crippen LogP contribution in [-0.4, -0.2) is 23.0 Å². The summed E-state index contributed by atoms with van der Waals surface area (Å²) in [5.41, 5.74) is -0.148. The van der Waals surface area contributed by atoms with E-state index in [1.54, 1.807) is 10.9 Å². The lowest BCUT2D eigenvalue weighted by molar-refractivity contribution is -0.437. The molecule has 1 aliphatic rings. The van der Waals surface area contributed by atoms with Crippen molar-refractivity contribution < 1.29 is 13.4 Å². The average molecular weight is 211 g/mol. The van der Waals surface area contributed by atoms with E-state index in [9.17, 15) is 8.78 Å². The fraction of sp³-hybridized carbons (Fsp3) is 0.364. The van der Waals surface area contributed by atoms with Gasteiger partial charge in [0, 0.05) is 0 Å². The lowest BCUT2D eigenvalue weighted by Crippen LogP contribution is -2.36. The van der Waals surface area contributed by atoms with Crippen LogP contribution in [0.2, 0.25) is 0 Å². The summed E-state index contributed by atoms with van der Waals surface area (Å²) >= 11 is 0.